The van der Waals surface area contributed by atoms with Crippen molar-refractivity contribution in [3.05, 3.63) is 58.4 Å². The number of nitrogens with one attached hydrogen (secondary N) is 1. The van der Waals surface area contributed by atoms with Crippen LogP contribution in [0.2, 0.25) is 5.02 Å². The number of hydrogen-bond acceptors (Lipinski definition) is 5. The van der Waals surface area contributed by atoms with E-state index in [-0.39, 0.29) is 12.5 Å². The van der Waals surface area contributed by atoms with Crippen molar-refractivity contribution in [2.45, 2.75) is 0 Å². The highest BCUT2D eigenvalue weighted by atomic mass is 35.5. The van der Waals surface area contributed by atoms with Gasteiger partial charge in [-0.2, -0.15) is 0 Å². The fourth-order valence-electron chi connectivity index (χ4n) is 2.26. The smallest absolute Gasteiger partial charge is 0.350 e. The average Bonchev–Trinajstić information content (AvgIpc) is 2.99. The molecule has 7 heteroatoms. The lowest BCUT2D eigenvalue weighted by molar-refractivity contribution is -0.118. The molecule has 25 heavy (non-hydrogen) atoms. The zero-order valence-corrected chi connectivity index (χ0v) is 14.8. The van der Waals surface area contributed by atoms with Crippen molar-refractivity contribution < 1.29 is 19.1 Å². The number of carbonyl (C=O) groups is 2. The third-order valence-corrected chi connectivity index (χ3v) is 4.82. The van der Waals surface area contributed by atoms with Crippen LogP contribution in [0.5, 0.6) is 5.75 Å². The Labute approximate surface area is 153 Å². The Bertz CT molecular complexity index is 920. The normalized spacial score (nSPS) is 10.5. The number of rotatable bonds is 5. The summed E-state index contributed by atoms with van der Waals surface area (Å²) in [4.78, 5) is 24.6. The van der Waals surface area contributed by atoms with E-state index in [1.807, 2.05) is 24.3 Å². The Morgan fingerprint density at radius 2 is 1.84 bits per heavy atom. The number of amides is 1. The van der Waals surface area contributed by atoms with E-state index in [9.17, 15) is 9.59 Å². The number of halogens is 1. The maximum atomic E-state index is 12.2. The van der Waals surface area contributed by atoms with Gasteiger partial charge in [0.15, 0.2) is 6.61 Å². The SMILES string of the molecule is COC(=O)c1sc2ccccc2c1NC(=O)COc1ccc(Cl)cc1. The van der Waals surface area contributed by atoms with Gasteiger partial charge in [-0.3, -0.25) is 4.79 Å². The lowest BCUT2D eigenvalue weighted by Gasteiger charge is -2.08. The molecule has 1 amide bonds. The van der Waals surface area contributed by atoms with Gasteiger partial charge in [0, 0.05) is 15.1 Å². The molecule has 1 aromatic heterocycles. The summed E-state index contributed by atoms with van der Waals surface area (Å²) >= 11 is 7.08. The summed E-state index contributed by atoms with van der Waals surface area (Å²) in [6.07, 6.45) is 0. The molecule has 0 aliphatic heterocycles. The Morgan fingerprint density at radius 1 is 1.12 bits per heavy atom. The molecule has 2 aromatic carbocycles. The Hall–Kier alpha value is -2.57. The lowest BCUT2D eigenvalue weighted by atomic mass is 10.2. The van der Waals surface area contributed by atoms with Crippen LogP contribution in [0.15, 0.2) is 48.5 Å². The lowest BCUT2D eigenvalue weighted by Crippen LogP contribution is -2.21. The maximum Gasteiger partial charge on any atom is 0.350 e. The fourth-order valence-corrected chi connectivity index (χ4v) is 3.46. The molecule has 128 valence electrons. The number of anilines is 1. The van der Waals surface area contributed by atoms with E-state index in [2.05, 4.69) is 5.32 Å². The van der Waals surface area contributed by atoms with Crippen LogP contribution in [-0.2, 0) is 9.53 Å². The van der Waals surface area contributed by atoms with Gasteiger partial charge in [0.2, 0.25) is 0 Å². The number of hydrogen-bond donors (Lipinski definition) is 1. The highest BCUT2D eigenvalue weighted by molar-refractivity contribution is 7.21. The Morgan fingerprint density at radius 3 is 2.56 bits per heavy atom. The minimum Gasteiger partial charge on any atom is -0.484 e. The van der Waals surface area contributed by atoms with Gasteiger partial charge in [0.1, 0.15) is 10.6 Å². The second-order valence-electron chi connectivity index (χ2n) is 5.08. The molecule has 0 radical (unpaired) electrons. The second kappa shape index (κ2) is 7.55. The molecule has 0 saturated carbocycles. The number of esters is 1. The van der Waals surface area contributed by atoms with Crippen molar-refractivity contribution in [2.75, 3.05) is 19.0 Å². The highest BCUT2D eigenvalue weighted by Gasteiger charge is 2.20. The molecule has 0 aliphatic carbocycles. The summed E-state index contributed by atoms with van der Waals surface area (Å²) in [5.74, 6) is -0.332. The van der Waals surface area contributed by atoms with Crippen LogP contribution in [0, 0.1) is 0 Å². The molecular formula is C18H14ClNO4S. The van der Waals surface area contributed by atoms with Crippen molar-refractivity contribution in [1.82, 2.24) is 0 Å². The third kappa shape index (κ3) is 3.92. The first-order valence-corrected chi connectivity index (χ1v) is 8.56. The van der Waals surface area contributed by atoms with Crippen molar-refractivity contribution >= 4 is 50.6 Å². The molecule has 0 atom stereocenters. The molecule has 0 unspecified atom stereocenters. The fraction of sp³-hybridized carbons (Fsp3) is 0.111. The number of benzene rings is 2. The van der Waals surface area contributed by atoms with E-state index in [0.717, 1.165) is 10.1 Å². The van der Waals surface area contributed by atoms with Crippen LogP contribution in [0.3, 0.4) is 0 Å². The van der Waals surface area contributed by atoms with Gasteiger partial charge >= 0.3 is 5.97 Å². The van der Waals surface area contributed by atoms with Gasteiger partial charge < -0.3 is 14.8 Å². The largest absolute Gasteiger partial charge is 0.484 e. The predicted molar refractivity (Wildman–Crippen MR) is 98.7 cm³/mol. The van der Waals surface area contributed by atoms with E-state index in [1.165, 1.54) is 18.4 Å². The number of methoxy groups -OCH3 is 1. The second-order valence-corrected chi connectivity index (χ2v) is 6.57. The molecule has 0 aliphatic rings. The Kier molecular flexibility index (Phi) is 5.21. The summed E-state index contributed by atoms with van der Waals surface area (Å²) in [6.45, 7) is -0.188. The first-order valence-electron chi connectivity index (χ1n) is 7.36. The van der Waals surface area contributed by atoms with E-state index < -0.39 is 5.97 Å². The van der Waals surface area contributed by atoms with Crippen LogP contribution in [0.1, 0.15) is 9.67 Å². The third-order valence-electron chi connectivity index (χ3n) is 3.41. The van der Waals surface area contributed by atoms with Gasteiger partial charge in [0.05, 0.1) is 12.8 Å². The van der Waals surface area contributed by atoms with Crippen LogP contribution < -0.4 is 10.1 Å². The van der Waals surface area contributed by atoms with Crippen molar-refractivity contribution in [3.8, 4) is 5.75 Å². The summed E-state index contributed by atoms with van der Waals surface area (Å²) in [6, 6.07) is 14.1. The van der Waals surface area contributed by atoms with Gasteiger partial charge in [-0.15, -0.1) is 11.3 Å². The van der Waals surface area contributed by atoms with E-state index in [0.29, 0.717) is 21.3 Å². The van der Waals surface area contributed by atoms with Crippen molar-refractivity contribution in [3.63, 3.8) is 0 Å². The van der Waals surface area contributed by atoms with E-state index >= 15 is 0 Å². The summed E-state index contributed by atoms with van der Waals surface area (Å²) in [5.41, 5.74) is 0.442. The topological polar surface area (TPSA) is 64.6 Å². The first kappa shape index (κ1) is 17.3. The molecule has 0 saturated heterocycles. The first-order chi connectivity index (χ1) is 12.1. The van der Waals surface area contributed by atoms with Gasteiger partial charge in [0.25, 0.3) is 5.91 Å². The standard InChI is InChI=1S/C18H14ClNO4S/c1-23-18(22)17-16(13-4-2-3-5-14(13)25-17)20-15(21)10-24-12-8-6-11(19)7-9-12/h2-9H,10H2,1H3,(H,20,21). The zero-order chi connectivity index (χ0) is 17.8. The summed E-state index contributed by atoms with van der Waals surface area (Å²) in [5, 5.41) is 4.12. The molecule has 1 heterocycles. The van der Waals surface area contributed by atoms with E-state index in [4.69, 9.17) is 21.1 Å². The number of carbonyl (C=O) groups excluding carboxylic acids is 2. The summed E-state index contributed by atoms with van der Waals surface area (Å²) < 4.78 is 11.1. The molecule has 0 fully saturated rings. The molecule has 1 N–H and O–H groups in total. The maximum absolute atomic E-state index is 12.2. The highest BCUT2D eigenvalue weighted by Crippen LogP contribution is 2.36. The number of fused-ring (bicyclic) bond motifs is 1. The van der Waals surface area contributed by atoms with Gasteiger partial charge in [-0.05, 0) is 30.3 Å². The summed E-state index contributed by atoms with van der Waals surface area (Å²) in [7, 11) is 1.31. The van der Waals surface area contributed by atoms with Crippen LogP contribution in [0.4, 0.5) is 5.69 Å². The molecule has 5 nitrogen and oxygen atoms in total. The van der Waals surface area contributed by atoms with Crippen LogP contribution in [-0.4, -0.2) is 25.6 Å². The van der Waals surface area contributed by atoms with Gasteiger partial charge in [-0.25, -0.2) is 4.79 Å². The number of thiophene rings is 1. The van der Waals surface area contributed by atoms with Crippen molar-refractivity contribution in [1.29, 1.82) is 0 Å². The molecule has 3 rings (SSSR count). The Balaban J connectivity index is 1.78. The van der Waals surface area contributed by atoms with Crippen molar-refractivity contribution in [2.24, 2.45) is 0 Å². The average molecular weight is 376 g/mol. The molecule has 3 aromatic rings. The van der Waals surface area contributed by atoms with Crippen LogP contribution in [0.25, 0.3) is 10.1 Å². The zero-order valence-electron chi connectivity index (χ0n) is 13.2. The molecule has 0 spiro atoms. The quantitative estimate of drug-likeness (QED) is 0.673. The minimum atomic E-state index is -0.491. The van der Waals surface area contributed by atoms with E-state index in [1.54, 1.807) is 24.3 Å². The molecule has 0 bridgehead atoms. The predicted octanol–water partition coefficient (Wildman–Crippen LogP) is 4.36. The monoisotopic (exact) mass is 375 g/mol. The molecular weight excluding hydrogens is 362 g/mol. The van der Waals surface area contributed by atoms with Gasteiger partial charge in [-0.1, -0.05) is 29.8 Å². The minimum absolute atomic E-state index is 0.188. The van der Waals surface area contributed by atoms with Crippen LogP contribution >= 0.6 is 22.9 Å². The number of ether oxygens (including phenoxy) is 2.